The van der Waals surface area contributed by atoms with Crippen LogP contribution >= 0.6 is 0 Å². The van der Waals surface area contributed by atoms with Crippen LogP contribution in [0.15, 0.2) is 0 Å². The molecule has 0 aliphatic carbocycles. The molecule has 0 saturated heterocycles. The maximum absolute atomic E-state index is 12.4. The van der Waals surface area contributed by atoms with Gasteiger partial charge in [-0.05, 0) is 38.5 Å². The maximum Gasteiger partial charge on any atom is 0.306 e. The van der Waals surface area contributed by atoms with Crippen LogP contribution in [0.3, 0.4) is 0 Å². The number of hydrogen-bond acceptors (Lipinski definition) is 3. The first kappa shape index (κ1) is 38.9. The van der Waals surface area contributed by atoms with E-state index in [1.807, 2.05) is 0 Å². The summed E-state index contributed by atoms with van der Waals surface area (Å²) >= 11 is 0. The molecule has 1 unspecified atom stereocenters. The highest BCUT2D eigenvalue weighted by Gasteiger charge is 2.14. The first-order valence-electron chi connectivity index (χ1n) is 18.0. The molecule has 0 heterocycles. The third kappa shape index (κ3) is 31.5. The van der Waals surface area contributed by atoms with E-state index in [0.29, 0.717) is 12.8 Å². The highest BCUT2D eigenvalue weighted by atomic mass is 16.5. The molecule has 4 heteroatoms. The van der Waals surface area contributed by atoms with Crippen LogP contribution in [0, 0.1) is 0 Å². The molecule has 238 valence electrons. The summed E-state index contributed by atoms with van der Waals surface area (Å²) in [6.07, 6.45) is 37.3. The summed E-state index contributed by atoms with van der Waals surface area (Å²) in [5.41, 5.74) is 0. The third-order valence-corrected chi connectivity index (χ3v) is 8.33. The van der Waals surface area contributed by atoms with Crippen LogP contribution in [0.2, 0.25) is 0 Å². The van der Waals surface area contributed by atoms with Crippen molar-refractivity contribution in [2.45, 2.75) is 219 Å². The maximum atomic E-state index is 12.4. The van der Waals surface area contributed by atoms with Crippen molar-refractivity contribution >= 4 is 11.9 Å². The van der Waals surface area contributed by atoms with Crippen LogP contribution in [0.25, 0.3) is 0 Å². The van der Waals surface area contributed by atoms with Gasteiger partial charge in [0.1, 0.15) is 6.10 Å². The van der Waals surface area contributed by atoms with Crippen molar-refractivity contribution in [3.63, 3.8) is 0 Å². The highest BCUT2D eigenvalue weighted by Crippen LogP contribution is 2.18. The lowest BCUT2D eigenvalue weighted by molar-refractivity contribution is -0.150. The van der Waals surface area contributed by atoms with Gasteiger partial charge in [-0.1, -0.05) is 162 Å². The average molecular weight is 567 g/mol. The van der Waals surface area contributed by atoms with Gasteiger partial charge in [-0.25, -0.2) is 0 Å². The standard InChI is InChI=1S/C36H70O4/c1-3-5-7-8-9-10-11-12-13-14-15-16-17-18-19-20-21-22-23-24-29-33-36(39)40-34(30-26-6-4-2)31-27-25-28-32-35(37)38/h34H,3-33H2,1-2H3,(H,37,38). The van der Waals surface area contributed by atoms with E-state index in [-0.39, 0.29) is 18.5 Å². The van der Waals surface area contributed by atoms with Gasteiger partial charge in [-0.3, -0.25) is 9.59 Å². The number of aliphatic carboxylic acids is 1. The largest absolute Gasteiger partial charge is 0.481 e. The summed E-state index contributed by atoms with van der Waals surface area (Å²) in [5.74, 6) is -0.763. The van der Waals surface area contributed by atoms with Crippen LogP contribution in [0.5, 0.6) is 0 Å². The molecule has 0 aromatic rings. The smallest absolute Gasteiger partial charge is 0.306 e. The first-order chi connectivity index (χ1) is 19.6. The molecule has 40 heavy (non-hydrogen) atoms. The van der Waals surface area contributed by atoms with E-state index >= 15 is 0 Å². The van der Waals surface area contributed by atoms with E-state index in [1.54, 1.807) is 0 Å². The molecule has 0 spiro atoms. The van der Waals surface area contributed by atoms with Crippen molar-refractivity contribution in [2.24, 2.45) is 0 Å². The lowest BCUT2D eigenvalue weighted by atomic mass is 10.0. The van der Waals surface area contributed by atoms with Crippen LogP contribution in [0.1, 0.15) is 213 Å². The molecule has 0 aliphatic heterocycles. The van der Waals surface area contributed by atoms with E-state index in [9.17, 15) is 9.59 Å². The van der Waals surface area contributed by atoms with Crippen LogP contribution in [0.4, 0.5) is 0 Å². The topological polar surface area (TPSA) is 63.6 Å². The lowest BCUT2D eigenvalue weighted by Gasteiger charge is -2.18. The average Bonchev–Trinajstić information content (AvgIpc) is 2.93. The van der Waals surface area contributed by atoms with Crippen molar-refractivity contribution in [1.29, 1.82) is 0 Å². The molecule has 4 nitrogen and oxygen atoms in total. The minimum absolute atomic E-state index is 0.0128. The SMILES string of the molecule is CCCCCCCCCCCCCCCCCCCCCCCC(=O)OC(CCCCC)CCCCCC(=O)O. The molecule has 0 aromatic carbocycles. The zero-order valence-electron chi connectivity index (χ0n) is 27.2. The Hall–Kier alpha value is -1.06. The Bertz CT molecular complexity index is 533. The molecule has 0 amide bonds. The number of carboxylic acids is 1. The number of esters is 1. The molecule has 0 radical (unpaired) electrons. The molecule has 0 aromatic heterocycles. The van der Waals surface area contributed by atoms with E-state index < -0.39 is 5.97 Å². The van der Waals surface area contributed by atoms with Gasteiger partial charge in [-0.2, -0.15) is 0 Å². The fourth-order valence-corrected chi connectivity index (χ4v) is 5.66. The number of carbonyl (C=O) groups excluding carboxylic acids is 1. The second-order valence-electron chi connectivity index (χ2n) is 12.4. The molecule has 1 atom stereocenters. The van der Waals surface area contributed by atoms with Crippen LogP contribution < -0.4 is 0 Å². The minimum atomic E-state index is -0.726. The molecule has 1 N–H and O–H groups in total. The summed E-state index contributed by atoms with van der Waals surface area (Å²) in [4.78, 5) is 23.0. The molecular formula is C36H70O4. The van der Waals surface area contributed by atoms with Gasteiger partial charge in [0.2, 0.25) is 0 Å². The van der Waals surface area contributed by atoms with Crippen molar-refractivity contribution in [3.05, 3.63) is 0 Å². The van der Waals surface area contributed by atoms with Gasteiger partial charge in [-0.15, -0.1) is 0 Å². The number of rotatable bonds is 33. The van der Waals surface area contributed by atoms with Gasteiger partial charge in [0.15, 0.2) is 0 Å². The van der Waals surface area contributed by atoms with Crippen molar-refractivity contribution < 1.29 is 19.4 Å². The Morgan fingerprint density at radius 2 is 0.750 bits per heavy atom. The number of carboxylic acid groups (broad SMARTS) is 1. The van der Waals surface area contributed by atoms with Crippen molar-refractivity contribution in [2.75, 3.05) is 0 Å². The Kier molecular flexibility index (Phi) is 31.6. The minimum Gasteiger partial charge on any atom is -0.481 e. The summed E-state index contributed by atoms with van der Waals surface area (Å²) in [7, 11) is 0. The van der Waals surface area contributed by atoms with Gasteiger partial charge in [0.25, 0.3) is 0 Å². The number of hydrogen-bond donors (Lipinski definition) is 1. The number of unbranched alkanes of at least 4 members (excludes halogenated alkanes) is 24. The molecule has 0 saturated carbocycles. The zero-order chi connectivity index (χ0) is 29.4. The molecule has 0 aliphatic rings. The number of carbonyl (C=O) groups is 2. The Morgan fingerprint density at radius 3 is 1.15 bits per heavy atom. The lowest BCUT2D eigenvalue weighted by Crippen LogP contribution is -2.18. The highest BCUT2D eigenvalue weighted by molar-refractivity contribution is 5.69. The number of ether oxygens (including phenoxy) is 1. The third-order valence-electron chi connectivity index (χ3n) is 8.33. The quantitative estimate of drug-likeness (QED) is 0.0633. The first-order valence-corrected chi connectivity index (χ1v) is 18.0. The van der Waals surface area contributed by atoms with E-state index in [4.69, 9.17) is 9.84 Å². The van der Waals surface area contributed by atoms with E-state index in [2.05, 4.69) is 13.8 Å². The molecule has 0 rings (SSSR count). The predicted molar refractivity (Wildman–Crippen MR) is 172 cm³/mol. The van der Waals surface area contributed by atoms with Gasteiger partial charge in [0, 0.05) is 12.8 Å². The summed E-state index contributed by atoms with van der Waals surface area (Å²) in [6, 6.07) is 0. The molecule has 0 bridgehead atoms. The summed E-state index contributed by atoms with van der Waals surface area (Å²) in [5, 5.41) is 8.78. The van der Waals surface area contributed by atoms with Crippen molar-refractivity contribution in [1.82, 2.24) is 0 Å². The normalized spacial score (nSPS) is 12.1. The van der Waals surface area contributed by atoms with Gasteiger partial charge < -0.3 is 9.84 Å². The second kappa shape index (κ2) is 32.5. The Labute approximate surface area is 250 Å². The summed E-state index contributed by atoms with van der Waals surface area (Å²) in [6.45, 7) is 4.48. The van der Waals surface area contributed by atoms with Gasteiger partial charge in [0.05, 0.1) is 0 Å². The summed E-state index contributed by atoms with van der Waals surface area (Å²) < 4.78 is 5.81. The second-order valence-corrected chi connectivity index (χ2v) is 12.4. The molecule has 0 fully saturated rings. The van der Waals surface area contributed by atoms with Crippen LogP contribution in [-0.2, 0) is 14.3 Å². The van der Waals surface area contributed by atoms with E-state index in [0.717, 1.165) is 44.9 Å². The Balaban J connectivity index is 3.51. The predicted octanol–water partition coefficient (Wildman–Crippen LogP) is 12.1. The van der Waals surface area contributed by atoms with Crippen LogP contribution in [-0.4, -0.2) is 23.1 Å². The Morgan fingerprint density at radius 1 is 0.450 bits per heavy atom. The zero-order valence-corrected chi connectivity index (χ0v) is 27.2. The fourth-order valence-electron chi connectivity index (χ4n) is 5.66. The van der Waals surface area contributed by atoms with E-state index in [1.165, 1.54) is 135 Å². The fraction of sp³-hybridized carbons (Fsp3) is 0.944. The monoisotopic (exact) mass is 567 g/mol. The molecular weight excluding hydrogens is 496 g/mol. The van der Waals surface area contributed by atoms with Crippen molar-refractivity contribution in [3.8, 4) is 0 Å². The van der Waals surface area contributed by atoms with Gasteiger partial charge >= 0.3 is 11.9 Å².